The van der Waals surface area contributed by atoms with Crippen LogP contribution in [0.2, 0.25) is 5.02 Å². The van der Waals surface area contributed by atoms with E-state index in [0.29, 0.717) is 28.3 Å². The second-order valence-corrected chi connectivity index (χ2v) is 9.34. The fourth-order valence-electron chi connectivity index (χ4n) is 5.19. The lowest BCUT2D eigenvalue weighted by atomic mass is 9.69. The van der Waals surface area contributed by atoms with Crippen LogP contribution in [-0.4, -0.2) is 30.9 Å². The van der Waals surface area contributed by atoms with Gasteiger partial charge in [0.15, 0.2) is 5.78 Å². The van der Waals surface area contributed by atoms with Crippen molar-refractivity contribution in [3.05, 3.63) is 57.4 Å². The Hall–Kier alpha value is -2.60. The van der Waals surface area contributed by atoms with E-state index < -0.39 is 23.8 Å². The summed E-state index contributed by atoms with van der Waals surface area (Å²) in [5, 5.41) is 3.78. The summed E-state index contributed by atoms with van der Waals surface area (Å²) in [5.74, 6) is -3.10. The first kappa shape index (κ1) is 22.6. The second-order valence-electron chi connectivity index (χ2n) is 8.90. The van der Waals surface area contributed by atoms with E-state index in [0.717, 1.165) is 36.9 Å². The van der Waals surface area contributed by atoms with Crippen molar-refractivity contribution in [3.63, 3.8) is 0 Å². The number of hydrogen-bond donors (Lipinski definition) is 1. The van der Waals surface area contributed by atoms with Crippen molar-refractivity contribution in [1.29, 1.82) is 0 Å². The molecule has 4 rings (SSSR count). The molecule has 1 aromatic rings. The highest BCUT2D eigenvalue weighted by molar-refractivity contribution is 6.30. The Morgan fingerprint density at radius 1 is 1.19 bits per heavy atom. The number of hydrogen-bond acceptors (Lipinski definition) is 6. The molecule has 32 heavy (non-hydrogen) atoms. The number of nitrogens with one attached hydrogen (secondary N) is 1. The van der Waals surface area contributed by atoms with Crippen LogP contribution in [0.15, 0.2) is 46.8 Å². The fourth-order valence-corrected chi connectivity index (χ4v) is 5.39. The average molecular weight is 458 g/mol. The lowest BCUT2D eigenvalue weighted by molar-refractivity contribution is -0.151. The molecule has 2 aliphatic carbocycles. The van der Waals surface area contributed by atoms with Crippen LogP contribution in [0.1, 0.15) is 57.4 Å². The zero-order chi connectivity index (χ0) is 23.0. The van der Waals surface area contributed by atoms with E-state index >= 15 is 0 Å². The number of dihydropyridines is 1. The average Bonchev–Trinajstić information content (AvgIpc) is 3.25. The number of methoxy groups -OCH3 is 1. The van der Waals surface area contributed by atoms with Crippen LogP contribution in [0.25, 0.3) is 0 Å². The number of ketones is 1. The van der Waals surface area contributed by atoms with E-state index in [4.69, 9.17) is 21.1 Å². The number of ether oxygens (including phenoxy) is 2. The van der Waals surface area contributed by atoms with Crippen molar-refractivity contribution in [2.24, 2.45) is 11.8 Å². The number of halogens is 1. The van der Waals surface area contributed by atoms with Crippen molar-refractivity contribution in [2.75, 3.05) is 7.11 Å². The van der Waals surface area contributed by atoms with Gasteiger partial charge in [-0.25, -0.2) is 4.79 Å². The highest BCUT2D eigenvalue weighted by atomic mass is 35.5. The first-order chi connectivity index (χ1) is 15.3. The Morgan fingerprint density at radius 3 is 2.56 bits per heavy atom. The van der Waals surface area contributed by atoms with E-state index in [1.807, 2.05) is 19.9 Å². The number of esters is 2. The minimum atomic E-state index is -0.909. The molecule has 1 saturated carbocycles. The highest BCUT2D eigenvalue weighted by Gasteiger charge is 2.47. The number of carbonyl (C=O) groups excluding carboxylic acids is 3. The minimum absolute atomic E-state index is 0.108. The standard InChI is InChI=1S/C25H28ClNO5/c1-13-11-18-22(23(28)19(13)24(29)31-3)21(15-7-6-8-16(26)12-15)20(14(2)27-18)25(30)32-17-9-4-5-10-17/h6-8,12-13,17,19,21,27H,4-5,9-11H2,1-3H3. The maximum atomic E-state index is 13.7. The van der Waals surface area contributed by atoms with Gasteiger partial charge in [0.25, 0.3) is 0 Å². The van der Waals surface area contributed by atoms with Crippen molar-refractivity contribution < 1.29 is 23.9 Å². The second kappa shape index (κ2) is 9.10. The van der Waals surface area contributed by atoms with Crippen LogP contribution < -0.4 is 5.32 Å². The van der Waals surface area contributed by atoms with Gasteiger partial charge in [-0.15, -0.1) is 0 Å². The molecular weight excluding hydrogens is 430 g/mol. The Bertz CT molecular complexity index is 1020. The van der Waals surface area contributed by atoms with E-state index in [1.165, 1.54) is 7.11 Å². The predicted octanol–water partition coefficient (Wildman–Crippen LogP) is 4.44. The Morgan fingerprint density at radius 2 is 1.91 bits per heavy atom. The van der Waals surface area contributed by atoms with Gasteiger partial charge in [0.2, 0.25) is 0 Å². The number of carbonyl (C=O) groups is 3. The molecule has 3 unspecified atom stereocenters. The van der Waals surface area contributed by atoms with Crippen molar-refractivity contribution in [2.45, 2.75) is 58.0 Å². The third kappa shape index (κ3) is 4.08. The third-order valence-corrected chi connectivity index (χ3v) is 6.96. The summed E-state index contributed by atoms with van der Waals surface area (Å²) in [7, 11) is 1.29. The van der Waals surface area contributed by atoms with Crippen LogP contribution in [0, 0.1) is 11.8 Å². The molecule has 7 heteroatoms. The van der Waals surface area contributed by atoms with Gasteiger partial charge in [-0.1, -0.05) is 30.7 Å². The molecule has 0 radical (unpaired) electrons. The Kier molecular flexibility index (Phi) is 6.42. The summed E-state index contributed by atoms with van der Waals surface area (Å²) in [6.07, 6.45) is 4.17. The van der Waals surface area contributed by atoms with Crippen LogP contribution >= 0.6 is 11.6 Å². The molecule has 1 aromatic carbocycles. The van der Waals surface area contributed by atoms with E-state index in [2.05, 4.69) is 5.32 Å². The predicted molar refractivity (Wildman–Crippen MR) is 120 cm³/mol. The largest absolute Gasteiger partial charge is 0.468 e. The maximum Gasteiger partial charge on any atom is 0.337 e. The van der Waals surface area contributed by atoms with E-state index in [1.54, 1.807) is 18.2 Å². The van der Waals surface area contributed by atoms with E-state index in [-0.39, 0.29) is 17.8 Å². The van der Waals surface area contributed by atoms with Gasteiger partial charge < -0.3 is 14.8 Å². The topological polar surface area (TPSA) is 81.7 Å². The summed E-state index contributed by atoms with van der Waals surface area (Å²) >= 11 is 6.28. The molecule has 0 aromatic heterocycles. The third-order valence-electron chi connectivity index (χ3n) is 6.72. The van der Waals surface area contributed by atoms with Gasteiger partial charge >= 0.3 is 11.9 Å². The maximum absolute atomic E-state index is 13.7. The lowest BCUT2D eigenvalue weighted by Crippen LogP contribution is -2.43. The molecule has 0 spiro atoms. The first-order valence-electron chi connectivity index (χ1n) is 11.1. The normalized spacial score (nSPS) is 26.0. The van der Waals surface area contributed by atoms with Crippen LogP contribution in [0.3, 0.4) is 0 Å². The highest BCUT2D eigenvalue weighted by Crippen LogP contribution is 2.46. The van der Waals surface area contributed by atoms with Gasteiger partial charge in [-0.05, 0) is 62.6 Å². The summed E-state index contributed by atoms with van der Waals surface area (Å²) < 4.78 is 10.8. The van der Waals surface area contributed by atoms with Gasteiger partial charge in [0.1, 0.15) is 12.0 Å². The summed E-state index contributed by atoms with van der Waals surface area (Å²) in [6, 6.07) is 7.15. The van der Waals surface area contributed by atoms with Crippen LogP contribution in [-0.2, 0) is 23.9 Å². The molecular formula is C25H28ClNO5. The molecule has 170 valence electrons. The Labute approximate surface area is 193 Å². The van der Waals surface area contributed by atoms with Gasteiger partial charge in [-0.2, -0.15) is 0 Å². The zero-order valence-electron chi connectivity index (χ0n) is 18.6. The summed E-state index contributed by atoms with van der Waals surface area (Å²) in [4.78, 5) is 39.5. The molecule has 1 fully saturated rings. The van der Waals surface area contributed by atoms with Crippen LogP contribution in [0.5, 0.6) is 0 Å². The number of Topliss-reactive ketones (excluding diaryl/α,β-unsaturated/α-hetero) is 1. The zero-order valence-corrected chi connectivity index (χ0v) is 19.3. The summed E-state index contributed by atoms with van der Waals surface area (Å²) in [5.41, 5.74) is 2.93. The van der Waals surface area contributed by atoms with Crippen LogP contribution in [0.4, 0.5) is 0 Å². The first-order valence-corrected chi connectivity index (χ1v) is 11.5. The Balaban J connectivity index is 1.81. The molecule has 3 aliphatic rings. The van der Waals surface area contributed by atoms with Crippen molar-refractivity contribution in [3.8, 4) is 0 Å². The lowest BCUT2D eigenvalue weighted by Gasteiger charge is -2.38. The van der Waals surface area contributed by atoms with E-state index in [9.17, 15) is 14.4 Å². The fraction of sp³-hybridized carbons (Fsp3) is 0.480. The monoisotopic (exact) mass is 457 g/mol. The van der Waals surface area contributed by atoms with Crippen molar-refractivity contribution >= 4 is 29.3 Å². The molecule has 6 nitrogen and oxygen atoms in total. The molecule has 1 N–H and O–H groups in total. The van der Waals surface area contributed by atoms with Gasteiger partial charge in [0, 0.05) is 27.9 Å². The smallest absolute Gasteiger partial charge is 0.337 e. The summed E-state index contributed by atoms with van der Waals surface area (Å²) in [6.45, 7) is 3.69. The van der Waals surface area contributed by atoms with Crippen molar-refractivity contribution in [1.82, 2.24) is 5.32 Å². The molecule has 0 amide bonds. The molecule has 1 heterocycles. The quantitative estimate of drug-likeness (QED) is 0.531. The van der Waals surface area contributed by atoms with Gasteiger partial charge in [0.05, 0.1) is 12.7 Å². The molecule has 3 atom stereocenters. The SMILES string of the molecule is COC(=O)C1C(=O)C2=C(CC1C)NC(C)=C(C(=O)OC1CCCC1)C2c1cccc(Cl)c1. The molecule has 0 bridgehead atoms. The molecule has 0 saturated heterocycles. The minimum Gasteiger partial charge on any atom is -0.468 e. The molecule has 1 aliphatic heterocycles. The number of allylic oxidation sites excluding steroid dienone is 3. The van der Waals surface area contributed by atoms with Gasteiger partial charge in [-0.3, -0.25) is 9.59 Å². The number of benzene rings is 1. The number of rotatable bonds is 4.